The maximum atomic E-state index is 8.25. The van der Waals surface area contributed by atoms with Crippen LogP contribution in [0, 0.1) is 0 Å². The fourth-order valence-electron chi connectivity index (χ4n) is 1.53. The van der Waals surface area contributed by atoms with Gasteiger partial charge in [0.05, 0.1) is 11.7 Å². The fraction of sp³-hybridized carbons (Fsp3) is 0.167. The van der Waals surface area contributed by atoms with Crippen molar-refractivity contribution in [1.29, 1.82) is 0 Å². The molecule has 2 unspecified atom stereocenters. The van der Waals surface area contributed by atoms with Crippen LogP contribution in [0.5, 0.6) is 0 Å². The highest BCUT2D eigenvalue weighted by Gasteiger charge is 2.17. The molecule has 2 atom stereocenters. The maximum absolute atomic E-state index is 8.25. The first-order chi connectivity index (χ1) is 9.67. The molecule has 14 heavy (non-hydrogen) atoms. The molecule has 1 aromatic heterocycles. The van der Waals surface area contributed by atoms with Crippen LogP contribution < -0.4 is 0 Å². The van der Waals surface area contributed by atoms with Gasteiger partial charge in [0.1, 0.15) is 0 Å². The number of alkyl halides is 1. The predicted molar refractivity (Wildman–Crippen MR) is 63.6 cm³/mol. The number of hydrogen-bond acceptors (Lipinski definition) is 0. The lowest BCUT2D eigenvalue weighted by Gasteiger charge is -2.11. The van der Waals surface area contributed by atoms with Crippen molar-refractivity contribution in [3.8, 4) is 0 Å². The third-order valence-corrected chi connectivity index (χ3v) is 2.78. The Hall–Kier alpha value is -1.02. The Labute approximate surface area is 101 Å². The Morgan fingerprint density at radius 1 is 1.57 bits per heavy atom. The molecule has 2 aromatic rings. The van der Waals surface area contributed by atoms with Crippen molar-refractivity contribution in [1.82, 2.24) is 4.98 Å². The zero-order valence-corrected chi connectivity index (χ0v) is 8.62. The number of rotatable bonds is 0. The average molecular weight is 255 g/mol. The van der Waals surface area contributed by atoms with E-state index in [0.29, 0.717) is 5.56 Å². The molecule has 0 aliphatic heterocycles. The van der Waals surface area contributed by atoms with E-state index >= 15 is 0 Å². The summed E-state index contributed by atoms with van der Waals surface area (Å²) in [5.41, 5.74) is 0.845. The Kier molecular flexibility index (Phi) is 0.823. The van der Waals surface area contributed by atoms with Crippen LogP contribution in [0.1, 0.15) is 32.1 Å². The number of aromatic amines is 1. The van der Waals surface area contributed by atoms with Gasteiger partial charge in [-0.05, 0) is 12.4 Å². The normalized spacial score (nSPS) is 38.2. The van der Waals surface area contributed by atoms with E-state index in [4.69, 9.17) is 9.60 Å². The number of para-hydroxylation sites is 1. The van der Waals surface area contributed by atoms with Gasteiger partial charge in [0, 0.05) is 24.9 Å². The van der Waals surface area contributed by atoms with E-state index in [-0.39, 0.29) is 46.8 Å². The van der Waals surface area contributed by atoms with Crippen LogP contribution in [0.15, 0.2) is 30.2 Å². The maximum Gasteiger partial charge on any atom is 0.0645 e. The lowest BCUT2D eigenvalue weighted by molar-refractivity contribution is 0.939. The minimum Gasteiger partial charge on any atom is -0.357 e. The first-order valence-corrected chi connectivity index (χ1v) is 4.89. The van der Waals surface area contributed by atoms with Crippen LogP contribution >= 0.6 is 15.9 Å². The van der Waals surface area contributed by atoms with Crippen molar-refractivity contribution >= 4 is 32.9 Å². The molecule has 70 valence electrons. The molecule has 2 heteroatoms. The molecule has 1 heterocycles. The topological polar surface area (TPSA) is 15.8 Å². The second-order valence-corrected chi connectivity index (χ2v) is 3.82. The summed E-state index contributed by atoms with van der Waals surface area (Å²) in [4.78, 5) is 1.25. The van der Waals surface area contributed by atoms with Gasteiger partial charge >= 0.3 is 0 Å². The van der Waals surface area contributed by atoms with Crippen molar-refractivity contribution in [3.05, 3.63) is 41.5 Å². The molecular formula is C12H10BrN. The van der Waals surface area contributed by atoms with Crippen molar-refractivity contribution < 1.29 is 9.60 Å². The van der Waals surface area contributed by atoms with Crippen molar-refractivity contribution in [2.24, 2.45) is 0 Å². The van der Waals surface area contributed by atoms with Crippen molar-refractivity contribution in [2.45, 2.75) is 11.2 Å². The van der Waals surface area contributed by atoms with Crippen molar-refractivity contribution in [3.63, 3.8) is 0 Å². The summed E-state index contributed by atoms with van der Waals surface area (Å²) >= 11 is 3.13. The Balaban J connectivity index is 2.52. The van der Waals surface area contributed by atoms with Crippen molar-refractivity contribution in [2.75, 3.05) is 0 Å². The summed E-state index contributed by atoms with van der Waals surface area (Å²) in [6.07, 6.45) is 0.243. The summed E-state index contributed by atoms with van der Waals surface area (Å²) in [5.74, 6) is 0. The van der Waals surface area contributed by atoms with E-state index in [1.54, 1.807) is 0 Å². The summed E-state index contributed by atoms with van der Waals surface area (Å²) in [6, 6.07) is -1.21. The number of H-pyrrole nitrogens is 1. The van der Waals surface area contributed by atoms with E-state index in [1.807, 2.05) is 0 Å². The largest absolute Gasteiger partial charge is 0.357 e. The Morgan fingerprint density at radius 2 is 2.43 bits per heavy atom. The van der Waals surface area contributed by atoms with Gasteiger partial charge in [-0.1, -0.05) is 46.2 Å². The van der Waals surface area contributed by atoms with Gasteiger partial charge in [0.25, 0.3) is 0 Å². The molecule has 0 bridgehead atoms. The number of aromatic nitrogens is 1. The molecule has 1 N–H and O–H groups in total. The molecular weight excluding hydrogens is 238 g/mol. The minimum absolute atomic E-state index is 0.0808. The highest BCUT2D eigenvalue weighted by Crippen LogP contribution is 2.37. The van der Waals surface area contributed by atoms with Gasteiger partial charge in [-0.2, -0.15) is 0 Å². The third-order valence-electron chi connectivity index (χ3n) is 2.15. The molecule has 1 nitrogen and oxygen atoms in total. The number of fused-ring (bicyclic) bond motifs is 3. The SMILES string of the molecule is [2H]C1=Cc2c([nH]c3c([2H])c([2H])c([2H])c([2H])c23)C([2H])(Br)C1[2H]. The van der Waals surface area contributed by atoms with E-state index in [0.717, 1.165) is 0 Å². The lowest BCUT2D eigenvalue weighted by Crippen LogP contribution is -1.94. The molecule has 0 saturated carbocycles. The highest BCUT2D eigenvalue weighted by atomic mass is 79.9. The zero-order valence-electron chi connectivity index (χ0n) is 14.0. The lowest BCUT2D eigenvalue weighted by atomic mass is 10.0. The third kappa shape index (κ3) is 1.07. The Bertz CT molecular complexity index is 808. The number of nitrogens with one attached hydrogen (secondary N) is 1. The van der Waals surface area contributed by atoms with Crippen LogP contribution in [0.4, 0.5) is 0 Å². The zero-order chi connectivity index (χ0) is 15.7. The van der Waals surface area contributed by atoms with E-state index in [1.165, 1.54) is 6.08 Å². The summed E-state index contributed by atoms with van der Waals surface area (Å²) in [6.45, 7) is 0. The van der Waals surface area contributed by atoms with E-state index < -0.39 is 11.2 Å². The van der Waals surface area contributed by atoms with Gasteiger partial charge in [-0.3, -0.25) is 0 Å². The second-order valence-electron chi connectivity index (χ2n) is 2.97. The van der Waals surface area contributed by atoms with Gasteiger partial charge in [0.2, 0.25) is 0 Å². The summed E-state index contributed by atoms with van der Waals surface area (Å²) < 4.78 is 55.3. The predicted octanol–water partition coefficient (Wildman–Crippen LogP) is 4.02. The smallest absolute Gasteiger partial charge is 0.0645 e. The number of allylic oxidation sites excluding steroid dienone is 1. The van der Waals surface area contributed by atoms with Gasteiger partial charge in [-0.15, -0.1) is 0 Å². The summed E-state index contributed by atoms with van der Waals surface area (Å²) in [5, 5.41) is 0.253. The monoisotopic (exact) mass is 254 g/mol. The standard InChI is InChI=1S/C12H10BrN/c13-10-6-3-5-9-8-4-1-2-7-11(8)14-12(9)10/h1-5,7,10,14H,6H2/i1D,2D,3D,4D,6D,7D,10D. The molecule has 1 aliphatic carbocycles. The Morgan fingerprint density at radius 3 is 3.36 bits per heavy atom. The van der Waals surface area contributed by atoms with Gasteiger partial charge < -0.3 is 4.98 Å². The highest BCUT2D eigenvalue weighted by molar-refractivity contribution is 9.09. The molecule has 0 amide bonds. The fourth-order valence-corrected chi connectivity index (χ4v) is 1.97. The number of benzene rings is 1. The molecule has 0 saturated heterocycles. The van der Waals surface area contributed by atoms with Gasteiger partial charge in [0.15, 0.2) is 0 Å². The molecule has 0 spiro atoms. The summed E-state index contributed by atoms with van der Waals surface area (Å²) in [7, 11) is 0. The molecule has 0 fully saturated rings. The van der Waals surface area contributed by atoms with Crippen LogP contribution in [0.25, 0.3) is 17.0 Å². The first-order valence-electron chi connectivity index (χ1n) is 7.67. The van der Waals surface area contributed by atoms with Crippen LogP contribution in [-0.2, 0) is 0 Å². The van der Waals surface area contributed by atoms with E-state index in [2.05, 4.69) is 20.9 Å². The van der Waals surface area contributed by atoms with E-state index in [9.17, 15) is 0 Å². The molecule has 1 aliphatic rings. The number of hydrogen-bond donors (Lipinski definition) is 1. The average Bonchev–Trinajstić information content (AvgIpc) is 2.81. The first kappa shape index (κ1) is 3.86. The van der Waals surface area contributed by atoms with Crippen LogP contribution in [0.3, 0.4) is 0 Å². The van der Waals surface area contributed by atoms with Crippen LogP contribution in [-0.4, -0.2) is 4.98 Å². The molecule has 0 radical (unpaired) electrons. The second kappa shape index (κ2) is 2.99. The molecule has 3 rings (SSSR count). The number of halogens is 1. The van der Waals surface area contributed by atoms with Gasteiger partial charge in [-0.25, -0.2) is 0 Å². The minimum atomic E-state index is -1.59. The quantitative estimate of drug-likeness (QED) is 0.684. The molecule has 1 aromatic carbocycles. The van der Waals surface area contributed by atoms with Crippen LogP contribution in [0.2, 0.25) is 0 Å².